The maximum atomic E-state index is 15.3. The Labute approximate surface area is 200 Å². The van der Waals surface area contributed by atoms with Crippen molar-refractivity contribution in [1.82, 2.24) is 15.2 Å². The number of halogens is 2. The number of alkyl halides is 1. The molecule has 4 rings (SSSR count). The summed E-state index contributed by atoms with van der Waals surface area (Å²) in [6.07, 6.45) is 3.43. The third-order valence-electron chi connectivity index (χ3n) is 7.79. The van der Waals surface area contributed by atoms with E-state index in [0.717, 1.165) is 50.2 Å². The van der Waals surface area contributed by atoms with Gasteiger partial charge in [0.15, 0.2) is 0 Å². The Morgan fingerprint density at radius 2 is 1.91 bits per heavy atom. The molecule has 0 radical (unpaired) electrons. The summed E-state index contributed by atoms with van der Waals surface area (Å²) in [6, 6.07) is 4.63. The maximum absolute atomic E-state index is 15.3. The number of carbonyl (C=O) groups is 1. The highest BCUT2D eigenvalue weighted by molar-refractivity contribution is 5.98. The molecule has 34 heavy (non-hydrogen) atoms. The third-order valence-corrected chi connectivity index (χ3v) is 7.79. The summed E-state index contributed by atoms with van der Waals surface area (Å²) in [4.78, 5) is 19.7. The Bertz CT molecular complexity index is 1060. The first-order valence-corrected chi connectivity index (χ1v) is 12.5. The number of benzene rings is 1. The first-order chi connectivity index (χ1) is 16.0. The largest absolute Gasteiger partial charge is 0.390 e. The van der Waals surface area contributed by atoms with Crippen LogP contribution >= 0.6 is 0 Å². The normalized spacial score (nSPS) is 23.6. The molecule has 5 nitrogen and oxygen atoms in total. The topological polar surface area (TPSA) is 65.5 Å². The van der Waals surface area contributed by atoms with Crippen molar-refractivity contribution in [2.45, 2.75) is 83.5 Å². The van der Waals surface area contributed by atoms with Crippen LogP contribution in [0.1, 0.15) is 75.0 Å². The molecule has 186 valence electrons. The molecule has 2 heterocycles. The molecule has 7 heteroatoms. The lowest BCUT2D eigenvalue weighted by molar-refractivity contribution is -0.00579. The molecule has 1 aromatic carbocycles. The smallest absolute Gasteiger partial charge is 0.251 e. The lowest BCUT2D eigenvalue weighted by Crippen LogP contribution is -2.44. The monoisotopic (exact) mass is 473 g/mol. The highest BCUT2D eigenvalue weighted by Crippen LogP contribution is 2.38. The SMILES string of the molecule is CC(C)C1(F)CCc2nc3c(F)cc(C(=O)N[C@H](C)CCN4CCC(C)(O)CC4)cc3cc2C1. The Kier molecular flexibility index (Phi) is 6.98. The molecule has 1 fully saturated rings. The van der Waals surface area contributed by atoms with Crippen LogP contribution in [-0.2, 0) is 12.8 Å². The van der Waals surface area contributed by atoms with Crippen molar-refractivity contribution in [1.29, 1.82) is 0 Å². The van der Waals surface area contributed by atoms with Gasteiger partial charge in [-0.1, -0.05) is 13.8 Å². The number of hydrogen-bond acceptors (Lipinski definition) is 4. The predicted molar refractivity (Wildman–Crippen MR) is 130 cm³/mol. The first kappa shape index (κ1) is 25.0. The number of nitrogens with zero attached hydrogens (tertiary/aromatic N) is 2. The maximum Gasteiger partial charge on any atom is 0.251 e. The fourth-order valence-electron chi connectivity index (χ4n) is 5.06. The van der Waals surface area contributed by atoms with Crippen molar-refractivity contribution < 1.29 is 18.7 Å². The summed E-state index contributed by atoms with van der Waals surface area (Å²) in [6.45, 7) is 10.1. The fourth-order valence-corrected chi connectivity index (χ4v) is 5.06. The molecule has 0 bridgehead atoms. The number of fused-ring (bicyclic) bond motifs is 2. The summed E-state index contributed by atoms with van der Waals surface area (Å²) >= 11 is 0. The van der Waals surface area contributed by atoms with Gasteiger partial charge in [0.1, 0.15) is 17.0 Å². The summed E-state index contributed by atoms with van der Waals surface area (Å²) < 4.78 is 30.2. The molecular weight excluding hydrogens is 436 g/mol. The second-order valence-corrected chi connectivity index (χ2v) is 11.0. The van der Waals surface area contributed by atoms with Crippen LogP contribution in [0.5, 0.6) is 0 Å². The zero-order valence-electron chi connectivity index (χ0n) is 20.8. The number of amides is 1. The molecule has 2 aliphatic rings. The van der Waals surface area contributed by atoms with Gasteiger partial charge in [-0.05, 0) is 75.6 Å². The summed E-state index contributed by atoms with van der Waals surface area (Å²) in [5.41, 5.74) is 0.186. The minimum Gasteiger partial charge on any atom is -0.390 e. The summed E-state index contributed by atoms with van der Waals surface area (Å²) in [5.74, 6) is -0.959. The molecule has 0 saturated carbocycles. The van der Waals surface area contributed by atoms with E-state index in [0.29, 0.717) is 18.2 Å². The standard InChI is InChI=1S/C27H37F2N3O2/c1-17(2)27(29)7-5-23-21(16-27)14-19-13-20(15-22(28)24(19)31-23)25(33)30-18(3)6-10-32-11-8-26(4,34)9-12-32/h13-15,17-18,34H,5-12,16H2,1-4H3,(H,30,33)/t18-,27?/m1/s1. The molecule has 1 aliphatic carbocycles. The van der Waals surface area contributed by atoms with Crippen molar-refractivity contribution >= 4 is 16.8 Å². The van der Waals surface area contributed by atoms with Gasteiger partial charge in [-0.3, -0.25) is 4.79 Å². The van der Waals surface area contributed by atoms with E-state index in [2.05, 4.69) is 15.2 Å². The second kappa shape index (κ2) is 9.50. The molecule has 1 unspecified atom stereocenters. The fraction of sp³-hybridized carbons (Fsp3) is 0.630. The molecule has 1 amide bonds. The Hall–Kier alpha value is -2.12. The minimum atomic E-state index is -1.28. The van der Waals surface area contributed by atoms with Gasteiger partial charge in [-0.2, -0.15) is 0 Å². The van der Waals surface area contributed by atoms with Crippen molar-refractivity contribution in [3.63, 3.8) is 0 Å². The molecule has 2 atom stereocenters. The van der Waals surface area contributed by atoms with Gasteiger partial charge in [0.25, 0.3) is 5.91 Å². The van der Waals surface area contributed by atoms with Crippen LogP contribution in [0.25, 0.3) is 10.9 Å². The number of aliphatic hydroxyl groups is 1. The first-order valence-electron chi connectivity index (χ1n) is 12.5. The quantitative estimate of drug-likeness (QED) is 0.645. The van der Waals surface area contributed by atoms with Gasteiger partial charge in [0.05, 0.1) is 5.60 Å². The van der Waals surface area contributed by atoms with E-state index < -0.39 is 17.1 Å². The van der Waals surface area contributed by atoms with E-state index in [1.807, 2.05) is 33.8 Å². The van der Waals surface area contributed by atoms with Crippen LogP contribution in [0, 0.1) is 11.7 Å². The van der Waals surface area contributed by atoms with E-state index in [9.17, 15) is 14.3 Å². The number of aromatic nitrogens is 1. The van der Waals surface area contributed by atoms with Gasteiger partial charge in [0.2, 0.25) is 0 Å². The predicted octanol–water partition coefficient (Wildman–Crippen LogP) is 4.58. The highest BCUT2D eigenvalue weighted by Gasteiger charge is 2.38. The van der Waals surface area contributed by atoms with Crippen LogP contribution < -0.4 is 5.32 Å². The van der Waals surface area contributed by atoms with Crippen molar-refractivity contribution in [2.75, 3.05) is 19.6 Å². The minimum absolute atomic E-state index is 0.0754. The molecule has 2 N–H and O–H groups in total. The number of pyridine rings is 1. The number of likely N-dealkylation sites (tertiary alicyclic amines) is 1. The van der Waals surface area contributed by atoms with Crippen LogP contribution in [0.15, 0.2) is 18.2 Å². The van der Waals surface area contributed by atoms with Crippen LogP contribution in [0.3, 0.4) is 0 Å². The lowest BCUT2D eigenvalue weighted by atomic mass is 9.77. The number of carbonyl (C=O) groups excluding carboxylic acids is 1. The van der Waals surface area contributed by atoms with Crippen molar-refractivity contribution in [3.05, 3.63) is 40.8 Å². The van der Waals surface area contributed by atoms with Crippen LogP contribution in [0.2, 0.25) is 0 Å². The molecule has 1 aromatic heterocycles. The molecule has 1 saturated heterocycles. The van der Waals surface area contributed by atoms with Crippen molar-refractivity contribution in [2.24, 2.45) is 5.92 Å². The van der Waals surface area contributed by atoms with Crippen LogP contribution in [-0.4, -0.2) is 57.8 Å². The Balaban J connectivity index is 1.44. The number of hydrogen-bond donors (Lipinski definition) is 2. The average molecular weight is 474 g/mol. The number of piperidine rings is 1. The summed E-state index contributed by atoms with van der Waals surface area (Å²) in [7, 11) is 0. The second-order valence-electron chi connectivity index (χ2n) is 11.0. The van der Waals surface area contributed by atoms with Gasteiger partial charge in [-0.15, -0.1) is 0 Å². The molecular formula is C27H37F2N3O2. The zero-order chi connectivity index (χ0) is 24.7. The molecule has 0 spiro atoms. The average Bonchev–Trinajstić information content (AvgIpc) is 2.77. The zero-order valence-corrected chi connectivity index (χ0v) is 20.8. The number of aryl methyl sites for hydroxylation is 1. The van der Waals surface area contributed by atoms with Crippen LogP contribution in [0.4, 0.5) is 8.78 Å². The highest BCUT2D eigenvalue weighted by atomic mass is 19.1. The molecule has 2 aromatic rings. The van der Waals surface area contributed by atoms with Gasteiger partial charge in [0, 0.05) is 48.7 Å². The Morgan fingerprint density at radius 3 is 2.59 bits per heavy atom. The number of rotatable bonds is 6. The van der Waals surface area contributed by atoms with E-state index in [-0.39, 0.29) is 35.4 Å². The van der Waals surface area contributed by atoms with Crippen molar-refractivity contribution in [3.8, 4) is 0 Å². The van der Waals surface area contributed by atoms with E-state index in [4.69, 9.17) is 0 Å². The lowest BCUT2D eigenvalue weighted by Gasteiger charge is -2.36. The van der Waals surface area contributed by atoms with Gasteiger partial charge in [-0.25, -0.2) is 13.8 Å². The third kappa shape index (κ3) is 5.41. The number of nitrogens with one attached hydrogen (secondary N) is 1. The Morgan fingerprint density at radius 1 is 1.21 bits per heavy atom. The summed E-state index contributed by atoms with van der Waals surface area (Å²) in [5, 5.41) is 13.6. The van der Waals surface area contributed by atoms with E-state index in [1.165, 1.54) is 6.07 Å². The van der Waals surface area contributed by atoms with Gasteiger partial charge >= 0.3 is 0 Å². The molecule has 1 aliphatic heterocycles. The van der Waals surface area contributed by atoms with E-state index >= 15 is 4.39 Å². The van der Waals surface area contributed by atoms with Gasteiger partial charge < -0.3 is 15.3 Å². The van der Waals surface area contributed by atoms with E-state index in [1.54, 1.807) is 6.07 Å².